The van der Waals surface area contributed by atoms with Gasteiger partial charge in [-0.25, -0.2) is 9.97 Å². The van der Waals surface area contributed by atoms with Gasteiger partial charge in [-0.2, -0.15) is 13.2 Å². The zero-order chi connectivity index (χ0) is 15.1. The molecule has 1 saturated heterocycles. The lowest BCUT2D eigenvalue weighted by Gasteiger charge is -2.27. The molecular formula is C13H17ClF3N3. The number of hydrogen-bond donors (Lipinski definition) is 0. The Morgan fingerprint density at radius 1 is 1.25 bits per heavy atom. The van der Waals surface area contributed by atoms with E-state index in [9.17, 15) is 13.2 Å². The smallest absolute Gasteiger partial charge is 0.356 e. The van der Waals surface area contributed by atoms with Crippen LogP contribution in [0.5, 0.6) is 0 Å². The van der Waals surface area contributed by atoms with Gasteiger partial charge in [-0.15, -0.1) is 0 Å². The third-order valence-corrected chi connectivity index (χ3v) is 3.88. The number of rotatable bonds is 1. The molecule has 112 valence electrons. The van der Waals surface area contributed by atoms with Gasteiger partial charge >= 0.3 is 6.18 Å². The lowest BCUT2D eigenvalue weighted by Crippen LogP contribution is -2.26. The Bertz CT molecular complexity index is 497. The molecule has 0 amide bonds. The minimum Gasteiger partial charge on any atom is -0.356 e. The van der Waals surface area contributed by atoms with E-state index < -0.39 is 11.9 Å². The Morgan fingerprint density at radius 3 is 2.40 bits per heavy atom. The Morgan fingerprint density at radius 2 is 1.90 bits per heavy atom. The summed E-state index contributed by atoms with van der Waals surface area (Å²) in [4.78, 5) is 9.02. The minimum atomic E-state index is -4.51. The highest BCUT2D eigenvalue weighted by molar-refractivity contribution is 6.28. The highest BCUT2D eigenvalue weighted by atomic mass is 35.5. The van der Waals surface area contributed by atoms with Crippen LogP contribution in [-0.2, 0) is 6.18 Å². The van der Waals surface area contributed by atoms with Crippen molar-refractivity contribution in [2.24, 2.45) is 11.3 Å². The van der Waals surface area contributed by atoms with Crippen molar-refractivity contribution in [1.82, 2.24) is 9.97 Å². The summed E-state index contributed by atoms with van der Waals surface area (Å²) in [6.45, 7) is 7.78. The molecule has 2 rings (SSSR count). The number of alkyl halides is 3. The third-order valence-electron chi connectivity index (χ3n) is 3.71. The van der Waals surface area contributed by atoms with Crippen LogP contribution in [0, 0.1) is 11.3 Å². The number of anilines is 1. The van der Waals surface area contributed by atoms with E-state index in [0.29, 0.717) is 19.0 Å². The van der Waals surface area contributed by atoms with Gasteiger partial charge in [-0.05, 0) is 29.4 Å². The van der Waals surface area contributed by atoms with Crippen molar-refractivity contribution in [1.29, 1.82) is 0 Å². The molecule has 1 atom stereocenters. The van der Waals surface area contributed by atoms with E-state index in [4.69, 9.17) is 11.6 Å². The van der Waals surface area contributed by atoms with E-state index in [1.165, 1.54) is 0 Å². The van der Waals surface area contributed by atoms with Crippen LogP contribution in [0.3, 0.4) is 0 Å². The van der Waals surface area contributed by atoms with Gasteiger partial charge in [0.25, 0.3) is 0 Å². The molecule has 1 aliphatic heterocycles. The molecule has 1 aromatic heterocycles. The van der Waals surface area contributed by atoms with Gasteiger partial charge in [0.15, 0.2) is 5.69 Å². The summed E-state index contributed by atoms with van der Waals surface area (Å²) >= 11 is 5.61. The predicted molar refractivity (Wildman–Crippen MR) is 71.8 cm³/mol. The molecule has 0 bridgehead atoms. The first kappa shape index (κ1) is 15.4. The minimum absolute atomic E-state index is 0.123. The van der Waals surface area contributed by atoms with E-state index in [0.717, 1.165) is 12.5 Å². The first-order valence-electron chi connectivity index (χ1n) is 6.44. The summed E-state index contributed by atoms with van der Waals surface area (Å²) in [5.41, 5.74) is -0.870. The Kier molecular flexibility index (Phi) is 3.88. The summed E-state index contributed by atoms with van der Waals surface area (Å²) in [6, 6.07) is 0.969. The van der Waals surface area contributed by atoms with Crippen molar-refractivity contribution in [2.75, 3.05) is 18.0 Å². The lowest BCUT2D eigenvalue weighted by atomic mass is 9.80. The average molecular weight is 308 g/mol. The van der Waals surface area contributed by atoms with Crippen LogP contribution in [0.2, 0.25) is 5.28 Å². The van der Waals surface area contributed by atoms with E-state index in [1.54, 1.807) is 0 Å². The second kappa shape index (κ2) is 5.06. The van der Waals surface area contributed by atoms with Crippen LogP contribution in [0.1, 0.15) is 32.9 Å². The molecule has 7 heteroatoms. The molecule has 1 aliphatic rings. The van der Waals surface area contributed by atoms with Gasteiger partial charge in [0.1, 0.15) is 5.82 Å². The van der Waals surface area contributed by atoms with Crippen LogP contribution in [-0.4, -0.2) is 23.1 Å². The van der Waals surface area contributed by atoms with Crippen LogP contribution < -0.4 is 4.90 Å². The average Bonchev–Trinajstić information content (AvgIpc) is 2.75. The van der Waals surface area contributed by atoms with Crippen molar-refractivity contribution < 1.29 is 13.2 Å². The number of hydrogen-bond acceptors (Lipinski definition) is 3. The van der Waals surface area contributed by atoms with Crippen LogP contribution >= 0.6 is 11.6 Å². The third kappa shape index (κ3) is 3.34. The van der Waals surface area contributed by atoms with Gasteiger partial charge in [0, 0.05) is 19.2 Å². The molecule has 20 heavy (non-hydrogen) atoms. The summed E-state index contributed by atoms with van der Waals surface area (Å²) in [5.74, 6) is 0.676. The van der Waals surface area contributed by atoms with Crippen molar-refractivity contribution in [3.63, 3.8) is 0 Å². The normalized spacial score (nSPS) is 20.6. The van der Waals surface area contributed by atoms with Crippen molar-refractivity contribution >= 4 is 17.4 Å². The zero-order valence-electron chi connectivity index (χ0n) is 11.6. The maximum absolute atomic E-state index is 12.7. The molecule has 0 aliphatic carbocycles. The van der Waals surface area contributed by atoms with E-state index in [1.807, 2.05) is 4.90 Å². The Balaban J connectivity index is 2.25. The predicted octanol–water partition coefficient (Wildman–Crippen LogP) is 4.02. The Hall–Kier alpha value is -1.04. The fourth-order valence-corrected chi connectivity index (χ4v) is 2.57. The standard InChI is InChI=1S/C13H17ClF3N3/c1-12(2,3)8-4-5-20(7-8)10-6-9(13(15,16)17)18-11(14)19-10/h6,8H,4-5,7H2,1-3H3. The molecule has 1 unspecified atom stereocenters. The number of aromatic nitrogens is 2. The highest BCUT2D eigenvalue weighted by Crippen LogP contribution is 2.36. The monoisotopic (exact) mass is 307 g/mol. The van der Waals surface area contributed by atoms with E-state index in [-0.39, 0.29) is 16.5 Å². The summed E-state index contributed by atoms with van der Waals surface area (Å²) in [5, 5.41) is -0.367. The first-order chi connectivity index (χ1) is 9.07. The van der Waals surface area contributed by atoms with Crippen LogP contribution in [0.25, 0.3) is 0 Å². The van der Waals surface area contributed by atoms with Gasteiger partial charge in [-0.1, -0.05) is 20.8 Å². The quantitative estimate of drug-likeness (QED) is 0.734. The zero-order valence-corrected chi connectivity index (χ0v) is 12.4. The van der Waals surface area contributed by atoms with Crippen LogP contribution in [0.15, 0.2) is 6.07 Å². The van der Waals surface area contributed by atoms with Gasteiger partial charge in [-0.3, -0.25) is 0 Å². The molecule has 0 saturated carbocycles. The van der Waals surface area contributed by atoms with E-state index in [2.05, 4.69) is 30.7 Å². The molecule has 2 heterocycles. The summed E-state index contributed by atoms with van der Waals surface area (Å²) < 4.78 is 38.2. The number of nitrogens with zero attached hydrogens (tertiary/aromatic N) is 3. The van der Waals surface area contributed by atoms with Gasteiger partial charge < -0.3 is 4.90 Å². The first-order valence-corrected chi connectivity index (χ1v) is 6.82. The molecule has 0 spiro atoms. The maximum atomic E-state index is 12.7. The summed E-state index contributed by atoms with van der Waals surface area (Å²) in [7, 11) is 0. The Labute approximate surface area is 121 Å². The second-order valence-electron chi connectivity index (χ2n) is 6.18. The molecule has 0 radical (unpaired) electrons. The lowest BCUT2D eigenvalue weighted by molar-refractivity contribution is -0.141. The molecule has 1 aromatic rings. The fourth-order valence-electron chi connectivity index (χ4n) is 2.39. The van der Waals surface area contributed by atoms with Crippen molar-refractivity contribution in [2.45, 2.75) is 33.4 Å². The van der Waals surface area contributed by atoms with E-state index >= 15 is 0 Å². The summed E-state index contributed by atoms with van der Waals surface area (Å²) in [6.07, 6.45) is -3.57. The molecule has 3 nitrogen and oxygen atoms in total. The molecule has 0 aromatic carbocycles. The van der Waals surface area contributed by atoms with Gasteiger partial charge in [0.2, 0.25) is 5.28 Å². The molecule has 1 fully saturated rings. The fraction of sp³-hybridized carbons (Fsp3) is 0.692. The highest BCUT2D eigenvalue weighted by Gasteiger charge is 2.36. The SMILES string of the molecule is CC(C)(C)C1CCN(c2cc(C(F)(F)F)nc(Cl)n2)C1. The van der Waals surface area contributed by atoms with Crippen molar-refractivity contribution in [3.05, 3.63) is 17.0 Å². The number of halogens is 4. The second-order valence-corrected chi connectivity index (χ2v) is 6.51. The van der Waals surface area contributed by atoms with Crippen LogP contribution in [0.4, 0.5) is 19.0 Å². The maximum Gasteiger partial charge on any atom is 0.433 e. The largest absolute Gasteiger partial charge is 0.433 e. The molecule has 0 N–H and O–H groups in total. The van der Waals surface area contributed by atoms with Gasteiger partial charge in [0.05, 0.1) is 0 Å². The topological polar surface area (TPSA) is 29.0 Å². The van der Waals surface area contributed by atoms with Crippen molar-refractivity contribution in [3.8, 4) is 0 Å². The molecular weight excluding hydrogens is 291 g/mol.